The number of anilines is 1. The van der Waals surface area contributed by atoms with Crippen LogP contribution >= 0.6 is 0 Å². The van der Waals surface area contributed by atoms with Gasteiger partial charge in [-0.25, -0.2) is 4.39 Å². The zero-order chi connectivity index (χ0) is 18.8. The number of hydrogen-bond acceptors (Lipinski definition) is 5. The Hall–Kier alpha value is -2.77. The summed E-state index contributed by atoms with van der Waals surface area (Å²) >= 11 is 0. The van der Waals surface area contributed by atoms with Crippen LogP contribution in [0.25, 0.3) is 0 Å². The van der Waals surface area contributed by atoms with Crippen molar-refractivity contribution in [3.8, 4) is 0 Å². The van der Waals surface area contributed by atoms with Crippen molar-refractivity contribution < 1.29 is 19.4 Å². The van der Waals surface area contributed by atoms with Crippen LogP contribution in [-0.4, -0.2) is 41.6 Å². The lowest BCUT2D eigenvalue weighted by molar-refractivity contribution is -0.110. The molecule has 134 valence electrons. The van der Waals surface area contributed by atoms with E-state index in [9.17, 15) is 9.18 Å². The molecule has 2 aromatic carbocycles. The molecule has 0 fully saturated rings. The van der Waals surface area contributed by atoms with E-state index >= 15 is 0 Å². The number of carbonyl (C=O) groups is 1. The molecule has 0 radical (unpaired) electrons. The number of amides is 1. The highest BCUT2D eigenvalue weighted by Gasteiger charge is 2.09. The molecule has 6 nitrogen and oxygen atoms in total. The summed E-state index contributed by atoms with van der Waals surface area (Å²) in [5, 5.41) is 26.9. The van der Waals surface area contributed by atoms with E-state index < -0.39 is 6.10 Å². The zero-order valence-corrected chi connectivity index (χ0v) is 13.9. The molecule has 7 heteroatoms. The summed E-state index contributed by atoms with van der Waals surface area (Å²) in [4.78, 5) is 9.52. The summed E-state index contributed by atoms with van der Waals surface area (Å²) in [5.41, 5.74) is 8.79. The van der Waals surface area contributed by atoms with Crippen molar-refractivity contribution in [1.82, 2.24) is 5.32 Å². The first kappa shape index (κ1) is 20.3. The van der Waals surface area contributed by atoms with Gasteiger partial charge >= 0.3 is 0 Å². The third-order valence-electron chi connectivity index (χ3n) is 3.24. The molecule has 1 amide bonds. The van der Waals surface area contributed by atoms with Gasteiger partial charge in [-0.05, 0) is 31.2 Å². The second-order valence-corrected chi connectivity index (χ2v) is 5.34. The Bertz CT molecular complexity index is 722. The Morgan fingerprint density at radius 1 is 1.36 bits per heavy atom. The van der Waals surface area contributed by atoms with Crippen molar-refractivity contribution in [3.63, 3.8) is 0 Å². The average Bonchev–Trinajstić information content (AvgIpc) is 2.61. The monoisotopic (exact) mass is 347 g/mol. The highest BCUT2D eigenvalue weighted by atomic mass is 19.1. The SMILES string of the molecule is Cc1ccc(N)c(C(=N)c2cccc(F)c2)c1.O=CNCC(O)CO. The Kier molecular flexibility index (Phi) is 8.25. The molecule has 6 N–H and O–H groups in total. The molecule has 2 rings (SSSR count). The highest BCUT2D eigenvalue weighted by Crippen LogP contribution is 2.18. The fourth-order valence-electron chi connectivity index (χ4n) is 1.93. The Balaban J connectivity index is 0.000000333. The molecule has 0 aliphatic carbocycles. The number of benzene rings is 2. The van der Waals surface area contributed by atoms with Crippen molar-refractivity contribution in [1.29, 1.82) is 5.41 Å². The van der Waals surface area contributed by atoms with E-state index in [0.29, 0.717) is 23.2 Å². The molecule has 1 atom stereocenters. The van der Waals surface area contributed by atoms with E-state index in [2.05, 4.69) is 5.32 Å². The molecule has 0 bridgehead atoms. The van der Waals surface area contributed by atoms with Crippen LogP contribution in [0.3, 0.4) is 0 Å². The Morgan fingerprint density at radius 3 is 2.68 bits per heavy atom. The van der Waals surface area contributed by atoms with Gasteiger partial charge in [0.05, 0.1) is 18.4 Å². The van der Waals surface area contributed by atoms with Gasteiger partial charge in [0.25, 0.3) is 0 Å². The minimum Gasteiger partial charge on any atom is -0.398 e. The van der Waals surface area contributed by atoms with E-state index in [0.717, 1.165) is 5.56 Å². The van der Waals surface area contributed by atoms with Crippen molar-refractivity contribution in [3.05, 3.63) is 65.0 Å². The molecule has 0 aliphatic heterocycles. The number of aliphatic hydroxyl groups is 2. The Morgan fingerprint density at radius 2 is 2.08 bits per heavy atom. The third kappa shape index (κ3) is 6.70. The number of nitrogens with two attached hydrogens (primary N) is 1. The van der Waals surface area contributed by atoms with Crippen LogP contribution in [0.2, 0.25) is 0 Å². The number of aliphatic hydroxyl groups excluding tert-OH is 2. The molecule has 0 heterocycles. The summed E-state index contributed by atoms with van der Waals surface area (Å²) in [6.07, 6.45) is -0.362. The molecule has 1 unspecified atom stereocenters. The number of nitrogens with one attached hydrogen (secondary N) is 2. The number of hydrogen-bond donors (Lipinski definition) is 5. The predicted octanol–water partition coefficient (Wildman–Crippen LogP) is 1.22. The van der Waals surface area contributed by atoms with Crippen LogP contribution in [0, 0.1) is 18.2 Å². The van der Waals surface area contributed by atoms with Crippen molar-refractivity contribution >= 4 is 17.8 Å². The minimum atomic E-state index is -0.833. The summed E-state index contributed by atoms with van der Waals surface area (Å²) in [6, 6.07) is 11.5. The Labute approximate surface area is 145 Å². The summed E-state index contributed by atoms with van der Waals surface area (Å²) < 4.78 is 13.1. The zero-order valence-electron chi connectivity index (χ0n) is 13.9. The average molecular weight is 347 g/mol. The maximum atomic E-state index is 13.1. The van der Waals surface area contributed by atoms with E-state index in [-0.39, 0.29) is 24.7 Å². The van der Waals surface area contributed by atoms with E-state index in [1.165, 1.54) is 12.1 Å². The van der Waals surface area contributed by atoms with Gasteiger partial charge < -0.3 is 21.3 Å². The van der Waals surface area contributed by atoms with Gasteiger partial charge in [-0.3, -0.25) is 10.2 Å². The molecular weight excluding hydrogens is 325 g/mol. The molecule has 2 aromatic rings. The smallest absolute Gasteiger partial charge is 0.207 e. The molecule has 0 spiro atoms. The molecular formula is C18H22FN3O3. The summed E-state index contributed by atoms with van der Waals surface area (Å²) in [7, 11) is 0. The molecule has 0 saturated heterocycles. The van der Waals surface area contributed by atoms with E-state index in [1.54, 1.807) is 18.2 Å². The van der Waals surface area contributed by atoms with Crippen molar-refractivity contribution in [2.45, 2.75) is 13.0 Å². The van der Waals surface area contributed by atoms with Gasteiger partial charge in [0.15, 0.2) is 0 Å². The number of aryl methyl sites for hydroxylation is 1. The first-order valence-corrected chi connectivity index (χ1v) is 7.56. The lowest BCUT2D eigenvalue weighted by Crippen LogP contribution is -2.28. The molecule has 0 saturated carbocycles. The summed E-state index contributed by atoms with van der Waals surface area (Å²) in [5.74, 6) is -0.349. The maximum absolute atomic E-state index is 13.1. The number of rotatable bonds is 6. The second kappa shape index (κ2) is 10.2. The lowest BCUT2D eigenvalue weighted by atomic mass is 9.99. The van der Waals surface area contributed by atoms with Gasteiger partial charge in [0, 0.05) is 23.4 Å². The number of carbonyl (C=O) groups excluding carboxylic acids is 1. The first-order valence-electron chi connectivity index (χ1n) is 7.56. The lowest BCUT2D eigenvalue weighted by Gasteiger charge is -2.08. The van der Waals surface area contributed by atoms with Crippen LogP contribution < -0.4 is 11.1 Å². The van der Waals surface area contributed by atoms with Crippen LogP contribution in [0.5, 0.6) is 0 Å². The fraction of sp³-hybridized carbons (Fsp3) is 0.222. The largest absolute Gasteiger partial charge is 0.398 e. The van der Waals surface area contributed by atoms with Crippen molar-refractivity contribution in [2.75, 3.05) is 18.9 Å². The topological polar surface area (TPSA) is 119 Å². The molecule has 0 aliphatic rings. The van der Waals surface area contributed by atoms with Crippen LogP contribution in [0.1, 0.15) is 16.7 Å². The first-order chi connectivity index (χ1) is 11.9. The van der Waals surface area contributed by atoms with Gasteiger partial charge in [-0.2, -0.15) is 0 Å². The fourth-order valence-corrected chi connectivity index (χ4v) is 1.93. The predicted molar refractivity (Wildman–Crippen MR) is 95.1 cm³/mol. The quantitative estimate of drug-likeness (QED) is 0.306. The normalized spacial score (nSPS) is 11.0. The standard InChI is InChI=1S/C14H13FN2.C4H9NO3/c1-9-5-6-13(16)12(7-9)14(17)10-3-2-4-11(15)8-10;6-2-4(8)1-5-3-7/h2-8,17H,16H2,1H3;3-4,6,8H,1-2H2,(H,5,7). The van der Waals surface area contributed by atoms with E-state index in [4.69, 9.17) is 21.4 Å². The third-order valence-corrected chi connectivity index (χ3v) is 3.24. The highest BCUT2D eigenvalue weighted by molar-refractivity contribution is 6.13. The minimum absolute atomic E-state index is 0.111. The number of nitrogen functional groups attached to an aromatic ring is 1. The van der Waals surface area contributed by atoms with Gasteiger partial charge in [-0.1, -0.05) is 23.8 Å². The maximum Gasteiger partial charge on any atom is 0.207 e. The second-order valence-electron chi connectivity index (χ2n) is 5.34. The summed E-state index contributed by atoms with van der Waals surface area (Å²) in [6.45, 7) is 1.72. The van der Waals surface area contributed by atoms with Crippen molar-refractivity contribution in [2.24, 2.45) is 0 Å². The van der Waals surface area contributed by atoms with E-state index in [1.807, 2.05) is 19.1 Å². The van der Waals surface area contributed by atoms with Crippen LogP contribution in [-0.2, 0) is 4.79 Å². The van der Waals surface area contributed by atoms with Gasteiger partial charge in [-0.15, -0.1) is 0 Å². The van der Waals surface area contributed by atoms with Crippen LogP contribution in [0.15, 0.2) is 42.5 Å². The van der Waals surface area contributed by atoms with Gasteiger partial charge in [0.2, 0.25) is 6.41 Å². The van der Waals surface area contributed by atoms with Crippen LogP contribution in [0.4, 0.5) is 10.1 Å². The molecule has 25 heavy (non-hydrogen) atoms. The van der Waals surface area contributed by atoms with Gasteiger partial charge in [0.1, 0.15) is 5.82 Å². The number of halogens is 1. The molecule has 0 aromatic heterocycles.